The Bertz CT molecular complexity index is 758. The minimum Gasteiger partial charge on any atom is -0.464 e. The first-order chi connectivity index (χ1) is 11.9. The maximum absolute atomic E-state index is 12.8. The van der Waals surface area contributed by atoms with E-state index in [1.54, 1.807) is 4.90 Å². The number of furan rings is 1. The van der Waals surface area contributed by atoms with Crippen LogP contribution in [0.5, 0.6) is 0 Å². The number of anilines is 1. The summed E-state index contributed by atoms with van der Waals surface area (Å²) in [6, 6.07) is 4.71. The van der Waals surface area contributed by atoms with E-state index in [4.69, 9.17) is 4.42 Å². The highest BCUT2D eigenvalue weighted by molar-refractivity contribution is 5.88. The predicted octanol–water partition coefficient (Wildman–Crippen LogP) is 4.62. The Morgan fingerprint density at radius 2 is 2.20 bits per heavy atom. The number of alkyl halides is 3. The molecule has 2 amide bonds. The molecular formula is C17H18F3N3O2. The van der Waals surface area contributed by atoms with Crippen molar-refractivity contribution < 1.29 is 22.4 Å². The highest BCUT2D eigenvalue weighted by Gasteiger charge is 2.33. The van der Waals surface area contributed by atoms with Crippen molar-refractivity contribution in [2.45, 2.75) is 38.4 Å². The van der Waals surface area contributed by atoms with Gasteiger partial charge in [-0.1, -0.05) is 6.92 Å². The summed E-state index contributed by atoms with van der Waals surface area (Å²) in [5.41, 5.74) is -0.852. The molecule has 134 valence electrons. The van der Waals surface area contributed by atoms with Crippen LogP contribution < -0.4 is 5.32 Å². The molecule has 2 aromatic rings. The van der Waals surface area contributed by atoms with Crippen molar-refractivity contribution in [1.82, 2.24) is 9.88 Å². The van der Waals surface area contributed by atoms with Gasteiger partial charge < -0.3 is 9.32 Å². The van der Waals surface area contributed by atoms with Crippen LogP contribution in [0.25, 0.3) is 0 Å². The second-order valence-corrected chi connectivity index (χ2v) is 5.87. The number of likely N-dealkylation sites (tertiary alicyclic amines) is 1. The van der Waals surface area contributed by atoms with Gasteiger partial charge in [-0.15, -0.1) is 0 Å². The van der Waals surface area contributed by atoms with Crippen molar-refractivity contribution in [3.05, 3.63) is 47.5 Å². The molecule has 0 saturated carbocycles. The molecule has 8 heteroatoms. The number of amides is 2. The highest BCUT2D eigenvalue weighted by atomic mass is 19.4. The smallest absolute Gasteiger partial charge is 0.416 e. The summed E-state index contributed by atoms with van der Waals surface area (Å²) in [5.74, 6) is 1.41. The molecule has 1 unspecified atom stereocenters. The maximum Gasteiger partial charge on any atom is 0.416 e. The minimum absolute atomic E-state index is 0.126. The normalized spacial score (nSPS) is 17.8. The van der Waals surface area contributed by atoms with Crippen LogP contribution in [0.3, 0.4) is 0 Å². The predicted molar refractivity (Wildman–Crippen MR) is 85.0 cm³/mol. The fraction of sp³-hybridized carbons (Fsp3) is 0.412. The molecule has 1 atom stereocenters. The number of carbonyl (C=O) groups excluding carboxylic acids is 1. The van der Waals surface area contributed by atoms with Gasteiger partial charge in [0.05, 0.1) is 11.6 Å². The van der Waals surface area contributed by atoms with E-state index in [1.807, 2.05) is 19.1 Å². The summed E-state index contributed by atoms with van der Waals surface area (Å²) in [6.45, 7) is 2.48. The molecule has 0 spiro atoms. The summed E-state index contributed by atoms with van der Waals surface area (Å²) in [6.07, 6.45) is -1.15. The van der Waals surface area contributed by atoms with Crippen molar-refractivity contribution in [1.29, 1.82) is 0 Å². The fourth-order valence-electron chi connectivity index (χ4n) is 2.93. The Morgan fingerprint density at radius 3 is 2.88 bits per heavy atom. The van der Waals surface area contributed by atoms with Crippen LogP contribution >= 0.6 is 0 Å². The monoisotopic (exact) mass is 353 g/mol. The van der Waals surface area contributed by atoms with E-state index in [1.165, 1.54) is 0 Å². The Balaban J connectivity index is 1.74. The summed E-state index contributed by atoms with van der Waals surface area (Å²) >= 11 is 0. The zero-order valence-corrected chi connectivity index (χ0v) is 13.6. The van der Waals surface area contributed by atoms with Crippen molar-refractivity contribution in [3.8, 4) is 0 Å². The standard InChI is InChI=1S/C17H18F3N3O2/c1-2-12-5-6-14(25-12)13-4-3-9-23(13)16(24)22-15-10-11(7-8-21-15)17(18,19)20/h5-8,10,13H,2-4,9H2,1H3,(H,21,22,24). The lowest BCUT2D eigenvalue weighted by Gasteiger charge is -2.23. The highest BCUT2D eigenvalue weighted by Crippen LogP contribution is 2.34. The van der Waals surface area contributed by atoms with Gasteiger partial charge in [-0.3, -0.25) is 5.32 Å². The van der Waals surface area contributed by atoms with Crippen LogP contribution in [0.2, 0.25) is 0 Å². The van der Waals surface area contributed by atoms with Gasteiger partial charge in [-0.25, -0.2) is 9.78 Å². The summed E-state index contributed by atoms with van der Waals surface area (Å²) in [4.78, 5) is 17.9. The van der Waals surface area contributed by atoms with Crippen LogP contribution in [0.15, 0.2) is 34.9 Å². The number of hydrogen-bond acceptors (Lipinski definition) is 3. The first kappa shape index (κ1) is 17.3. The summed E-state index contributed by atoms with van der Waals surface area (Å²) in [5, 5.41) is 2.45. The van der Waals surface area contributed by atoms with Crippen LogP contribution in [0.1, 0.15) is 42.9 Å². The fourth-order valence-corrected chi connectivity index (χ4v) is 2.93. The number of halogens is 3. The summed E-state index contributed by atoms with van der Waals surface area (Å²) < 4.78 is 44.0. The number of nitrogens with one attached hydrogen (secondary N) is 1. The topological polar surface area (TPSA) is 58.4 Å². The van der Waals surface area contributed by atoms with Crippen molar-refractivity contribution in [2.24, 2.45) is 0 Å². The molecular weight excluding hydrogens is 335 g/mol. The molecule has 0 radical (unpaired) electrons. The van der Waals surface area contributed by atoms with Gasteiger partial charge in [-0.05, 0) is 37.1 Å². The molecule has 0 aromatic carbocycles. The Kier molecular flexibility index (Phi) is 4.69. The number of hydrogen-bond donors (Lipinski definition) is 1. The van der Waals surface area contributed by atoms with E-state index in [0.717, 1.165) is 43.4 Å². The van der Waals surface area contributed by atoms with Gasteiger partial charge in [0, 0.05) is 19.2 Å². The molecule has 1 saturated heterocycles. The molecule has 1 aliphatic heterocycles. The van der Waals surface area contributed by atoms with E-state index < -0.39 is 17.8 Å². The van der Waals surface area contributed by atoms with E-state index in [9.17, 15) is 18.0 Å². The molecule has 1 N–H and O–H groups in total. The quantitative estimate of drug-likeness (QED) is 0.876. The Hall–Kier alpha value is -2.51. The van der Waals surface area contributed by atoms with E-state index in [2.05, 4.69) is 10.3 Å². The first-order valence-electron chi connectivity index (χ1n) is 8.08. The van der Waals surface area contributed by atoms with Gasteiger partial charge in [0.1, 0.15) is 17.3 Å². The average molecular weight is 353 g/mol. The molecule has 2 aromatic heterocycles. The number of urea groups is 1. The zero-order valence-electron chi connectivity index (χ0n) is 13.6. The van der Waals surface area contributed by atoms with E-state index >= 15 is 0 Å². The zero-order chi connectivity index (χ0) is 18.0. The largest absolute Gasteiger partial charge is 0.464 e. The lowest BCUT2D eigenvalue weighted by Crippen LogP contribution is -2.34. The van der Waals surface area contributed by atoms with E-state index in [-0.39, 0.29) is 11.9 Å². The molecule has 0 bridgehead atoms. The van der Waals surface area contributed by atoms with Crippen molar-refractivity contribution >= 4 is 11.8 Å². The minimum atomic E-state index is -4.48. The van der Waals surface area contributed by atoms with Crippen LogP contribution in [0.4, 0.5) is 23.8 Å². The van der Waals surface area contributed by atoms with Crippen molar-refractivity contribution in [2.75, 3.05) is 11.9 Å². The first-order valence-corrected chi connectivity index (χ1v) is 8.08. The number of aromatic nitrogens is 1. The van der Waals surface area contributed by atoms with Crippen LogP contribution in [-0.4, -0.2) is 22.5 Å². The van der Waals surface area contributed by atoms with Crippen LogP contribution in [-0.2, 0) is 12.6 Å². The number of pyridine rings is 1. The number of aryl methyl sites for hydroxylation is 1. The molecule has 5 nitrogen and oxygen atoms in total. The molecule has 3 rings (SSSR count). The van der Waals surface area contributed by atoms with Gasteiger partial charge in [0.15, 0.2) is 0 Å². The molecule has 1 fully saturated rings. The lowest BCUT2D eigenvalue weighted by atomic mass is 10.2. The second kappa shape index (κ2) is 6.78. The third-order valence-electron chi connectivity index (χ3n) is 4.20. The van der Waals surface area contributed by atoms with Gasteiger partial charge >= 0.3 is 12.2 Å². The molecule has 0 aliphatic carbocycles. The number of carbonyl (C=O) groups is 1. The summed E-state index contributed by atoms with van der Waals surface area (Å²) in [7, 11) is 0. The van der Waals surface area contributed by atoms with Gasteiger partial charge in [0.2, 0.25) is 0 Å². The lowest BCUT2D eigenvalue weighted by molar-refractivity contribution is -0.137. The third kappa shape index (κ3) is 3.78. The molecule has 3 heterocycles. The maximum atomic E-state index is 12.8. The van der Waals surface area contributed by atoms with Gasteiger partial charge in [0.25, 0.3) is 0 Å². The van der Waals surface area contributed by atoms with Gasteiger partial charge in [-0.2, -0.15) is 13.2 Å². The van der Waals surface area contributed by atoms with E-state index in [0.29, 0.717) is 12.3 Å². The SMILES string of the molecule is CCc1ccc(C2CCCN2C(=O)Nc2cc(C(F)(F)F)ccn2)o1. The Morgan fingerprint density at radius 1 is 1.40 bits per heavy atom. The second-order valence-electron chi connectivity index (χ2n) is 5.87. The van der Waals surface area contributed by atoms with Crippen molar-refractivity contribution in [3.63, 3.8) is 0 Å². The average Bonchev–Trinajstić information content (AvgIpc) is 3.23. The third-order valence-corrected chi connectivity index (χ3v) is 4.20. The molecule has 1 aliphatic rings. The number of rotatable bonds is 3. The van der Waals surface area contributed by atoms with Crippen LogP contribution in [0, 0.1) is 0 Å². The number of nitrogens with zero attached hydrogens (tertiary/aromatic N) is 2. The molecule has 25 heavy (non-hydrogen) atoms. The Labute approximate surface area is 142 Å².